The monoisotopic (exact) mass is 382 g/mol. The summed E-state index contributed by atoms with van der Waals surface area (Å²) in [6, 6.07) is 1.28. The lowest BCUT2D eigenvalue weighted by atomic mass is 10.0. The Balaban J connectivity index is 2.04. The van der Waals surface area contributed by atoms with Crippen LogP contribution in [0.2, 0.25) is 0 Å². The van der Waals surface area contributed by atoms with E-state index in [0.29, 0.717) is 30.8 Å². The third-order valence-corrected chi connectivity index (χ3v) is 5.65. The van der Waals surface area contributed by atoms with E-state index in [1.807, 2.05) is 11.9 Å². The van der Waals surface area contributed by atoms with Crippen molar-refractivity contribution in [2.45, 2.75) is 32.1 Å². The number of rotatable bonds is 0. The molecule has 0 aliphatic carbocycles. The molecule has 2 aromatic heterocycles. The molecule has 2 unspecified atom stereocenters. The van der Waals surface area contributed by atoms with Gasteiger partial charge in [0.25, 0.3) is 5.56 Å². The molecule has 0 bridgehead atoms. The zero-order valence-corrected chi connectivity index (χ0v) is 15.6. The van der Waals surface area contributed by atoms with E-state index in [1.165, 1.54) is 18.5 Å². The summed E-state index contributed by atoms with van der Waals surface area (Å²) >= 11 is 0. The Bertz CT molecular complexity index is 985. The van der Waals surface area contributed by atoms with E-state index in [0.717, 1.165) is 6.07 Å². The minimum atomic E-state index is -4.52. The van der Waals surface area contributed by atoms with Crippen LogP contribution in [0.1, 0.15) is 18.2 Å². The van der Waals surface area contributed by atoms with Gasteiger partial charge in [-0.1, -0.05) is 0 Å². The Morgan fingerprint density at radius 3 is 2.63 bits per heavy atom. The number of pyridine rings is 2. The first-order valence-electron chi connectivity index (χ1n) is 8.80. The number of fused-ring (bicyclic) bond motifs is 5. The van der Waals surface area contributed by atoms with Gasteiger partial charge in [0.05, 0.1) is 23.0 Å². The molecule has 6 nitrogen and oxygen atoms in total. The lowest BCUT2D eigenvalue weighted by molar-refractivity contribution is -0.138. The van der Waals surface area contributed by atoms with Crippen LogP contribution >= 0.6 is 0 Å². The van der Waals surface area contributed by atoms with Crippen LogP contribution in [0, 0.1) is 6.92 Å². The van der Waals surface area contributed by atoms with Crippen molar-refractivity contribution in [3.8, 4) is 5.75 Å². The number of aromatic nitrogens is 2. The number of likely N-dealkylation sites (N-methyl/N-ethyl adjacent to an activating group) is 1. The minimum Gasteiger partial charge on any atom is -0.484 e. The number of halogens is 3. The Morgan fingerprint density at radius 2 is 1.96 bits per heavy atom. The fourth-order valence-corrected chi connectivity index (χ4v) is 3.98. The lowest BCUT2D eigenvalue weighted by Gasteiger charge is -2.47. The third-order valence-electron chi connectivity index (χ3n) is 5.65. The molecule has 2 aliphatic heterocycles. The highest BCUT2D eigenvalue weighted by Gasteiger charge is 2.39. The second-order valence-electron chi connectivity index (χ2n) is 7.44. The van der Waals surface area contributed by atoms with Gasteiger partial charge >= 0.3 is 6.18 Å². The zero-order chi connectivity index (χ0) is 19.7. The molecule has 4 rings (SSSR count). The molecule has 4 heterocycles. The molecule has 146 valence electrons. The molecule has 9 heteroatoms. The second kappa shape index (κ2) is 5.85. The van der Waals surface area contributed by atoms with Crippen LogP contribution in [0.15, 0.2) is 10.9 Å². The van der Waals surface area contributed by atoms with Gasteiger partial charge in [-0.3, -0.25) is 14.3 Å². The van der Waals surface area contributed by atoms with Crippen molar-refractivity contribution in [1.82, 2.24) is 14.5 Å². The van der Waals surface area contributed by atoms with Crippen molar-refractivity contribution in [1.29, 1.82) is 0 Å². The predicted molar refractivity (Wildman–Crippen MR) is 95.4 cm³/mol. The van der Waals surface area contributed by atoms with Crippen LogP contribution in [0.25, 0.3) is 11.0 Å². The Labute approximate surface area is 154 Å². The van der Waals surface area contributed by atoms with Gasteiger partial charge in [0.2, 0.25) is 5.75 Å². The van der Waals surface area contributed by atoms with Gasteiger partial charge in [0.1, 0.15) is 12.3 Å². The first-order chi connectivity index (χ1) is 12.6. The fourth-order valence-electron chi connectivity index (χ4n) is 3.98. The van der Waals surface area contributed by atoms with Crippen molar-refractivity contribution in [3.63, 3.8) is 0 Å². The Kier molecular flexibility index (Phi) is 3.92. The number of nitrogens with zero attached hydrogens (tertiary/aromatic N) is 4. The lowest BCUT2D eigenvalue weighted by Crippen LogP contribution is -2.60. The molecule has 2 aliphatic rings. The molecule has 27 heavy (non-hydrogen) atoms. The van der Waals surface area contributed by atoms with Gasteiger partial charge < -0.3 is 9.64 Å². The van der Waals surface area contributed by atoms with Gasteiger partial charge in [-0.25, -0.2) is 4.98 Å². The highest BCUT2D eigenvalue weighted by Crippen LogP contribution is 2.41. The number of hydrogen-bond acceptors (Lipinski definition) is 5. The molecule has 2 atom stereocenters. The molecule has 0 saturated carbocycles. The number of hydrogen-bond donors (Lipinski definition) is 0. The number of aryl methyl sites for hydroxylation is 2. The normalized spacial score (nSPS) is 23.1. The largest absolute Gasteiger partial charge is 0.484 e. The van der Waals surface area contributed by atoms with E-state index in [2.05, 4.69) is 16.8 Å². The molecule has 0 amide bonds. The summed E-state index contributed by atoms with van der Waals surface area (Å²) in [6.07, 6.45) is -4.52. The van der Waals surface area contributed by atoms with Crippen LogP contribution in [0.3, 0.4) is 0 Å². The van der Waals surface area contributed by atoms with Gasteiger partial charge in [-0.2, -0.15) is 13.2 Å². The molecular weight excluding hydrogens is 361 g/mol. The molecule has 0 spiro atoms. The summed E-state index contributed by atoms with van der Waals surface area (Å²) in [5.74, 6) is 0.108. The zero-order valence-electron chi connectivity index (χ0n) is 15.6. The summed E-state index contributed by atoms with van der Waals surface area (Å²) < 4.78 is 47.4. The van der Waals surface area contributed by atoms with Crippen LogP contribution in [0.4, 0.5) is 18.9 Å². The van der Waals surface area contributed by atoms with Crippen LogP contribution < -0.4 is 15.2 Å². The van der Waals surface area contributed by atoms with E-state index in [-0.39, 0.29) is 34.7 Å². The number of ether oxygens (including phenoxy) is 1. The fraction of sp³-hybridized carbons (Fsp3) is 0.556. The van der Waals surface area contributed by atoms with Crippen molar-refractivity contribution < 1.29 is 17.9 Å². The average Bonchev–Trinajstić information content (AvgIpc) is 2.59. The molecule has 0 aromatic carbocycles. The predicted octanol–water partition coefficient (Wildman–Crippen LogP) is 2.16. The maximum atomic E-state index is 13.5. The molecular formula is C18H21F3N4O2. The SMILES string of the molecule is Cc1nc2c(cc1C(F)(F)F)c1c(c(=O)n2C)OCC2CN(C)C(C)CN12. The third kappa shape index (κ3) is 2.67. The van der Waals surface area contributed by atoms with Gasteiger partial charge in [-0.15, -0.1) is 0 Å². The van der Waals surface area contributed by atoms with Gasteiger partial charge in [0.15, 0.2) is 0 Å². The van der Waals surface area contributed by atoms with Crippen LogP contribution in [-0.4, -0.2) is 53.3 Å². The van der Waals surface area contributed by atoms with Crippen LogP contribution in [0.5, 0.6) is 5.75 Å². The van der Waals surface area contributed by atoms with E-state index >= 15 is 0 Å². The quantitative estimate of drug-likeness (QED) is 0.699. The maximum absolute atomic E-state index is 13.5. The Morgan fingerprint density at radius 1 is 1.26 bits per heavy atom. The smallest absolute Gasteiger partial charge is 0.418 e. The van der Waals surface area contributed by atoms with E-state index < -0.39 is 11.7 Å². The molecule has 2 aromatic rings. The summed E-state index contributed by atoms with van der Waals surface area (Å²) in [7, 11) is 3.51. The summed E-state index contributed by atoms with van der Waals surface area (Å²) in [4.78, 5) is 21.1. The average molecular weight is 382 g/mol. The number of piperazine rings is 1. The van der Waals surface area contributed by atoms with E-state index in [4.69, 9.17) is 4.74 Å². The van der Waals surface area contributed by atoms with Gasteiger partial charge in [-0.05, 0) is 27.0 Å². The summed E-state index contributed by atoms with van der Waals surface area (Å²) in [5.41, 5.74) is -0.651. The first kappa shape index (κ1) is 18.1. The standard InChI is InChI=1S/C18H21F3N4O2/c1-9-6-25-11(7-23(9)3)8-27-15-14(25)12-5-13(18(19,20)21)10(2)22-16(12)24(4)17(15)26/h5,9,11H,6-8H2,1-4H3. The summed E-state index contributed by atoms with van der Waals surface area (Å²) in [6.45, 7) is 5.01. The molecule has 0 radical (unpaired) electrons. The topological polar surface area (TPSA) is 50.6 Å². The van der Waals surface area contributed by atoms with Crippen LogP contribution in [-0.2, 0) is 13.2 Å². The first-order valence-corrected chi connectivity index (χ1v) is 8.80. The molecule has 1 fully saturated rings. The maximum Gasteiger partial charge on any atom is 0.418 e. The highest BCUT2D eigenvalue weighted by atomic mass is 19.4. The van der Waals surface area contributed by atoms with Crippen molar-refractivity contribution >= 4 is 16.7 Å². The molecule has 1 saturated heterocycles. The number of alkyl halides is 3. The van der Waals surface area contributed by atoms with Crippen molar-refractivity contribution in [3.05, 3.63) is 27.7 Å². The van der Waals surface area contributed by atoms with E-state index in [9.17, 15) is 18.0 Å². The van der Waals surface area contributed by atoms with E-state index in [1.54, 1.807) is 0 Å². The highest BCUT2D eigenvalue weighted by molar-refractivity contribution is 5.94. The second-order valence-corrected chi connectivity index (χ2v) is 7.44. The van der Waals surface area contributed by atoms with Crippen molar-refractivity contribution in [2.24, 2.45) is 7.05 Å². The summed E-state index contributed by atoms with van der Waals surface area (Å²) in [5, 5.41) is 0.298. The number of anilines is 1. The van der Waals surface area contributed by atoms with Crippen molar-refractivity contribution in [2.75, 3.05) is 31.6 Å². The minimum absolute atomic E-state index is 0.0235. The Hall–Kier alpha value is -2.29. The molecule has 0 N–H and O–H groups in total. The van der Waals surface area contributed by atoms with Gasteiger partial charge in [0, 0.05) is 31.6 Å².